The minimum absolute atomic E-state index is 1.18. The van der Waals surface area contributed by atoms with Crippen LogP contribution in [0.1, 0.15) is 72.9 Å². The largest absolute Gasteiger partial charge is 0.0683 e. The molecule has 0 radical (unpaired) electrons. The molecule has 0 aliphatic carbocycles. The van der Waals surface area contributed by atoms with E-state index in [0.717, 1.165) is 0 Å². The van der Waals surface area contributed by atoms with Crippen LogP contribution >= 0.6 is 0 Å². The summed E-state index contributed by atoms with van der Waals surface area (Å²) in [6.07, 6.45) is 3.58. The van der Waals surface area contributed by atoms with Gasteiger partial charge in [-0.2, -0.15) is 0 Å². The maximum absolute atomic E-state index is 2.20. The van der Waals surface area contributed by atoms with Crippen molar-refractivity contribution in [2.75, 3.05) is 0 Å². The van der Waals surface area contributed by atoms with Crippen LogP contribution in [0.4, 0.5) is 0 Å². The highest BCUT2D eigenvalue weighted by Gasteiger charge is 1.93. The van der Waals surface area contributed by atoms with Gasteiger partial charge in [0.1, 0.15) is 0 Å². The molecule has 0 aromatic heterocycles. The Labute approximate surface area is 147 Å². The van der Waals surface area contributed by atoms with Gasteiger partial charge in [-0.3, -0.25) is 0 Å². The topological polar surface area (TPSA) is 0 Å². The quantitative estimate of drug-likeness (QED) is 0.536. The molecule has 0 fully saturated rings. The van der Waals surface area contributed by atoms with Gasteiger partial charge in [0.2, 0.25) is 0 Å². The molecule has 0 saturated carbocycles. The van der Waals surface area contributed by atoms with Crippen molar-refractivity contribution in [1.82, 2.24) is 0 Å². The van der Waals surface area contributed by atoms with Crippen LogP contribution in [0.5, 0.6) is 0 Å². The van der Waals surface area contributed by atoms with Crippen molar-refractivity contribution in [1.29, 1.82) is 0 Å². The van der Waals surface area contributed by atoms with E-state index in [-0.39, 0.29) is 0 Å². The zero-order valence-electron chi connectivity index (χ0n) is 16.9. The molecule has 0 aliphatic rings. The van der Waals surface area contributed by atoms with E-state index in [1.165, 1.54) is 30.4 Å². The number of benzene rings is 2. The van der Waals surface area contributed by atoms with Crippen LogP contribution in [0.3, 0.4) is 0 Å². The minimum atomic E-state index is 1.18. The highest BCUT2D eigenvalue weighted by molar-refractivity contribution is 5.17. The second-order valence-corrected chi connectivity index (χ2v) is 3.82. The van der Waals surface area contributed by atoms with Crippen molar-refractivity contribution >= 4 is 0 Å². The SMILES string of the molecule is CC.CC.CC.CC.c1ccc(CCCc2ccccc2)cc1. The van der Waals surface area contributed by atoms with Crippen molar-refractivity contribution in [3.63, 3.8) is 0 Å². The van der Waals surface area contributed by atoms with E-state index in [4.69, 9.17) is 0 Å². The highest BCUT2D eigenvalue weighted by Crippen LogP contribution is 2.07. The van der Waals surface area contributed by atoms with Crippen LogP contribution in [0.2, 0.25) is 0 Å². The molecule has 0 N–H and O–H groups in total. The third kappa shape index (κ3) is 16.6. The van der Waals surface area contributed by atoms with Gasteiger partial charge in [0.25, 0.3) is 0 Å². The van der Waals surface area contributed by atoms with Crippen molar-refractivity contribution in [3.05, 3.63) is 71.8 Å². The second-order valence-electron chi connectivity index (χ2n) is 3.82. The molecule has 0 atom stereocenters. The number of hydrogen-bond acceptors (Lipinski definition) is 0. The predicted molar refractivity (Wildman–Crippen MR) is 110 cm³/mol. The summed E-state index contributed by atoms with van der Waals surface area (Å²) in [5.41, 5.74) is 2.88. The Morgan fingerprint density at radius 2 is 0.696 bits per heavy atom. The summed E-state index contributed by atoms with van der Waals surface area (Å²) >= 11 is 0. The van der Waals surface area contributed by atoms with Gasteiger partial charge in [-0.15, -0.1) is 0 Å². The molecule has 0 saturated heterocycles. The Balaban J connectivity index is -0.000000438. The molecule has 0 heteroatoms. The first-order chi connectivity index (χ1) is 11.4. The van der Waals surface area contributed by atoms with Crippen molar-refractivity contribution in [3.8, 4) is 0 Å². The van der Waals surface area contributed by atoms with E-state index in [0.29, 0.717) is 0 Å². The average Bonchev–Trinajstić information content (AvgIpc) is 2.70. The molecule has 0 bridgehead atoms. The lowest BCUT2D eigenvalue weighted by Crippen LogP contribution is -1.89. The minimum Gasteiger partial charge on any atom is -0.0683 e. The summed E-state index contributed by atoms with van der Waals surface area (Å²) in [5, 5.41) is 0. The lowest BCUT2D eigenvalue weighted by atomic mass is 10.0. The monoisotopic (exact) mass is 316 g/mol. The van der Waals surface area contributed by atoms with Gasteiger partial charge in [0.05, 0.1) is 0 Å². The van der Waals surface area contributed by atoms with E-state index in [9.17, 15) is 0 Å². The Hall–Kier alpha value is -1.56. The van der Waals surface area contributed by atoms with E-state index >= 15 is 0 Å². The summed E-state index contributed by atoms with van der Waals surface area (Å²) < 4.78 is 0. The van der Waals surface area contributed by atoms with Crippen molar-refractivity contribution in [2.24, 2.45) is 0 Å². The van der Waals surface area contributed by atoms with Gasteiger partial charge in [-0.1, -0.05) is 116 Å². The Bertz CT molecular complexity index is 336. The standard InChI is InChI=1S/C15H16.4C2H6/c1-3-8-14(9-4-1)12-7-13-15-10-5-2-6-11-15;4*1-2/h1-6,8-11H,7,12-13H2;4*1-2H3. The number of hydrogen-bond donors (Lipinski definition) is 0. The lowest BCUT2D eigenvalue weighted by molar-refractivity contribution is 0.821. The summed E-state index contributed by atoms with van der Waals surface area (Å²) in [7, 11) is 0. The summed E-state index contributed by atoms with van der Waals surface area (Å²) in [6, 6.07) is 21.4. The van der Waals surface area contributed by atoms with E-state index in [1.54, 1.807) is 0 Å². The summed E-state index contributed by atoms with van der Waals surface area (Å²) in [4.78, 5) is 0. The molecule has 0 aliphatic heterocycles. The highest BCUT2D eigenvalue weighted by atomic mass is 14.0. The molecule has 2 aromatic carbocycles. The molecule has 0 spiro atoms. The molecule has 0 amide bonds. The second kappa shape index (κ2) is 25.4. The summed E-state index contributed by atoms with van der Waals surface area (Å²) in [6.45, 7) is 16.0. The van der Waals surface area contributed by atoms with Gasteiger partial charge >= 0.3 is 0 Å². The summed E-state index contributed by atoms with van der Waals surface area (Å²) in [5.74, 6) is 0. The molecule has 0 unspecified atom stereocenters. The molecule has 0 heterocycles. The molecule has 0 nitrogen and oxygen atoms in total. The Morgan fingerprint density at radius 1 is 0.435 bits per heavy atom. The maximum atomic E-state index is 2.20. The molecule has 132 valence electrons. The fourth-order valence-corrected chi connectivity index (χ4v) is 1.79. The van der Waals surface area contributed by atoms with E-state index in [1.807, 2.05) is 55.4 Å². The Kier molecular flexibility index (Phi) is 29.1. The van der Waals surface area contributed by atoms with Crippen LogP contribution in [-0.4, -0.2) is 0 Å². The van der Waals surface area contributed by atoms with Gasteiger partial charge in [-0.25, -0.2) is 0 Å². The molecule has 23 heavy (non-hydrogen) atoms. The predicted octanol–water partition coefficient (Wildman–Crippen LogP) is 7.97. The van der Waals surface area contributed by atoms with Gasteiger partial charge in [0.15, 0.2) is 0 Å². The fourth-order valence-electron chi connectivity index (χ4n) is 1.79. The van der Waals surface area contributed by atoms with Gasteiger partial charge in [0, 0.05) is 0 Å². The zero-order valence-corrected chi connectivity index (χ0v) is 16.9. The molecular formula is C23H40. The lowest BCUT2D eigenvalue weighted by Gasteiger charge is -2.01. The zero-order chi connectivity index (χ0) is 18.3. The van der Waals surface area contributed by atoms with Crippen LogP contribution in [-0.2, 0) is 12.8 Å². The number of aryl methyl sites for hydroxylation is 2. The van der Waals surface area contributed by atoms with Crippen LogP contribution in [0, 0.1) is 0 Å². The first-order valence-electron chi connectivity index (χ1n) is 9.53. The van der Waals surface area contributed by atoms with Crippen LogP contribution in [0.25, 0.3) is 0 Å². The average molecular weight is 317 g/mol. The third-order valence-corrected chi connectivity index (χ3v) is 2.62. The van der Waals surface area contributed by atoms with Crippen molar-refractivity contribution < 1.29 is 0 Å². The molecular weight excluding hydrogens is 276 g/mol. The molecule has 2 aromatic rings. The van der Waals surface area contributed by atoms with E-state index in [2.05, 4.69) is 60.7 Å². The smallest absolute Gasteiger partial charge is 0.0276 e. The fraction of sp³-hybridized carbons (Fsp3) is 0.478. The first-order valence-corrected chi connectivity index (χ1v) is 9.53. The van der Waals surface area contributed by atoms with Crippen LogP contribution in [0.15, 0.2) is 60.7 Å². The van der Waals surface area contributed by atoms with E-state index < -0.39 is 0 Å². The van der Waals surface area contributed by atoms with Crippen LogP contribution < -0.4 is 0 Å². The van der Waals surface area contributed by atoms with Gasteiger partial charge < -0.3 is 0 Å². The Morgan fingerprint density at radius 3 is 0.957 bits per heavy atom. The maximum Gasteiger partial charge on any atom is -0.0276 e. The van der Waals surface area contributed by atoms with Crippen molar-refractivity contribution in [2.45, 2.75) is 74.7 Å². The van der Waals surface area contributed by atoms with Gasteiger partial charge in [-0.05, 0) is 30.4 Å². The third-order valence-electron chi connectivity index (χ3n) is 2.62. The molecule has 2 rings (SSSR count). The number of rotatable bonds is 4. The normalized spacial score (nSPS) is 7.65. The first kappa shape index (κ1) is 26.3.